The molecule has 0 saturated heterocycles. The van der Waals surface area contributed by atoms with Gasteiger partial charge in [-0.05, 0) is 12.6 Å². The van der Waals surface area contributed by atoms with Gasteiger partial charge in [0, 0.05) is 0 Å². The van der Waals surface area contributed by atoms with Crippen LogP contribution in [0, 0.1) is 0 Å². The molecule has 1 N–H and O–H groups in total. The lowest BCUT2D eigenvalue weighted by Crippen LogP contribution is -2.45. The predicted molar refractivity (Wildman–Crippen MR) is 48.8 cm³/mol. The van der Waals surface area contributed by atoms with Crippen LogP contribution in [-0.4, -0.2) is 15.3 Å². The fourth-order valence-corrected chi connectivity index (χ4v) is 4.11. The second kappa shape index (κ2) is 3.05. The second-order valence-electron chi connectivity index (χ2n) is 3.95. The summed E-state index contributed by atoms with van der Waals surface area (Å²) in [6, 6.07) is 0. The van der Waals surface area contributed by atoms with Crippen molar-refractivity contribution in [3.8, 4) is 0 Å². The quantitative estimate of drug-likeness (QED) is 0.607. The first-order valence-electron chi connectivity index (χ1n) is 4.36. The first-order valence-corrected chi connectivity index (χ1v) is 7.43. The number of hydrogen-bond donors (Lipinski definition) is 1. The summed E-state index contributed by atoms with van der Waals surface area (Å²) in [5, 5.41) is 0. The zero-order valence-electron chi connectivity index (χ0n) is 7.41. The molecule has 0 aliphatic heterocycles. The SMILES string of the molecule is CN[Si](C)(C)C1CCCC1. The number of nitrogens with one attached hydrogen (secondary N) is 1. The molecule has 0 amide bonds. The van der Waals surface area contributed by atoms with Crippen LogP contribution in [0.25, 0.3) is 0 Å². The molecular weight excluding hydrogens is 138 g/mol. The molecule has 1 aliphatic carbocycles. The molecule has 60 valence electrons. The molecule has 10 heavy (non-hydrogen) atoms. The third-order valence-electron chi connectivity index (χ3n) is 3.02. The molecule has 0 spiro atoms. The summed E-state index contributed by atoms with van der Waals surface area (Å²) in [7, 11) is 1.14. The maximum Gasteiger partial charge on any atom is 0.122 e. The second-order valence-corrected chi connectivity index (χ2v) is 8.71. The van der Waals surface area contributed by atoms with Gasteiger partial charge < -0.3 is 4.98 Å². The molecule has 0 bridgehead atoms. The van der Waals surface area contributed by atoms with Crippen molar-refractivity contribution in [2.24, 2.45) is 0 Å². The van der Waals surface area contributed by atoms with Gasteiger partial charge in [0.05, 0.1) is 0 Å². The van der Waals surface area contributed by atoms with Gasteiger partial charge in [-0.3, -0.25) is 0 Å². The monoisotopic (exact) mass is 157 g/mol. The molecular formula is C8H19NSi. The van der Waals surface area contributed by atoms with Crippen LogP contribution in [0.15, 0.2) is 0 Å². The maximum atomic E-state index is 3.52. The van der Waals surface area contributed by atoms with E-state index in [1.165, 1.54) is 25.7 Å². The minimum absolute atomic E-state index is 0.994. The molecule has 0 unspecified atom stereocenters. The average Bonchev–Trinajstić information content (AvgIpc) is 2.38. The van der Waals surface area contributed by atoms with Gasteiger partial charge >= 0.3 is 0 Å². The third kappa shape index (κ3) is 1.61. The van der Waals surface area contributed by atoms with Crippen LogP contribution in [0.4, 0.5) is 0 Å². The first kappa shape index (κ1) is 8.28. The van der Waals surface area contributed by atoms with Crippen molar-refractivity contribution in [2.45, 2.75) is 44.3 Å². The van der Waals surface area contributed by atoms with Gasteiger partial charge in [0.15, 0.2) is 0 Å². The van der Waals surface area contributed by atoms with Crippen LogP contribution < -0.4 is 4.98 Å². The minimum Gasteiger partial charge on any atom is -0.340 e. The van der Waals surface area contributed by atoms with Crippen LogP contribution >= 0.6 is 0 Å². The number of hydrogen-bond acceptors (Lipinski definition) is 1. The topological polar surface area (TPSA) is 12.0 Å². The Balaban J connectivity index is 2.45. The highest BCUT2D eigenvalue weighted by Gasteiger charge is 2.32. The Hall–Kier alpha value is 0.177. The van der Waals surface area contributed by atoms with Crippen LogP contribution in [0.1, 0.15) is 25.7 Å². The largest absolute Gasteiger partial charge is 0.340 e. The standard InChI is InChI=1S/C8H19NSi/c1-9-10(2,3)8-6-4-5-7-8/h8-9H,4-7H2,1-3H3. The van der Waals surface area contributed by atoms with E-state index in [2.05, 4.69) is 25.1 Å². The highest BCUT2D eigenvalue weighted by Crippen LogP contribution is 2.36. The van der Waals surface area contributed by atoms with Crippen LogP contribution in [0.2, 0.25) is 18.6 Å². The first-order chi connectivity index (χ1) is 4.67. The highest BCUT2D eigenvalue weighted by molar-refractivity contribution is 6.76. The van der Waals surface area contributed by atoms with Crippen molar-refractivity contribution in [2.75, 3.05) is 7.05 Å². The summed E-state index contributed by atoms with van der Waals surface area (Å²) >= 11 is 0. The molecule has 0 aromatic rings. The Bertz CT molecular complexity index is 106. The van der Waals surface area contributed by atoms with E-state index in [1.807, 2.05) is 0 Å². The van der Waals surface area contributed by atoms with Gasteiger partial charge in [-0.2, -0.15) is 0 Å². The summed E-state index contributed by atoms with van der Waals surface area (Å²) in [5.74, 6) is 0. The maximum absolute atomic E-state index is 3.52. The van der Waals surface area contributed by atoms with E-state index in [1.54, 1.807) is 0 Å². The van der Waals surface area contributed by atoms with Crippen molar-refractivity contribution in [3.05, 3.63) is 0 Å². The third-order valence-corrected chi connectivity index (χ3v) is 6.93. The minimum atomic E-state index is -0.994. The van der Waals surface area contributed by atoms with E-state index in [0.29, 0.717) is 0 Å². The zero-order valence-corrected chi connectivity index (χ0v) is 8.41. The molecule has 1 nitrogen and oxygen atoms in total. The van der Waals surface area contributed by atoms with Gasteiger partial charge in [0.25, 0.3) is 0 Å². The van der Waals surface area contributed by atoms with Crippen molar-refractivity contribution in [3.63, 3.8) is 0 Å². The van der Waals surface area contributed by atoms with Gasteiger partial charge in [0.1, 0.15) is 8.24 Å². The molecule has 1 saturated carbocycles. The van der Waals surface area contributed by atoms with E-state index in [4.69, 9.17) is 0 Å². The van der Waals surface area contributed by atoms with Gasteiger partial charge in [-0.1, -0.05) is 38.8 Å². The van der Waals surface area contributed by atoms with E-state index in [9.17, 15) is 0 Å². The lowest BCUT2D eigenvalue weighted by molar-refractivity contribution is 0.811. The fourth-order valence-electron chi connectivity index (χ4n) is 1.85. The summed E-state index contributed by atoms with van der Waals surface area (Å²) in [4.78, 5) is 3.52. The lowest BCUT2D eigenvalue weighted by atomic mass is 10.4. The van der Waals surface area contributed by atoms with Crippen LogP contribution in [-0.2, 0) is 0 Å². The predicted octanol–water partition coefficient (Wildman–Crippen LogP) is 2.36. The molecule has 1 aliphatic rings. The normalized spacial score (nSPS) is 21.9. The average molecular weight is 157 g/mol. The summed E-state index contributed by atoms with van der Waals surface area (Å²) in [5.41, 5.74) is 1.05. The fraction of sp³-hybridized carbons (Fsp3) is 1.00. The highest BCUT2D eigenvalue weighted by atomic mass is 28.3. The van der Waals surface area contributed by atoms with E-state index < -0.39 is 8.24 Å². The van der Waals surface area contributed by atoms with E-state index in [-0.39, 0.29) is 0 Å². The van der Waals surface area contributed by atoms with Crippen molar-refractivity contribution in [1.82, 2.24) is 4.98 Å². The van der Waals surface area contributed by atoms with Gasteiger partial charge in [-0.25, -0.2) is 0 Å². The molecule has 0 aromatic heterocycles. The van der Waals surface area contributed by atoms with Crippen LogP contribution in [0.3, 0.4) is 0 Å². The Kier molecular flexibility index (Phi) is 2.53. The summed E-state index contributed by atoms with van der Waals surface area (Å²) < 4.78 is 0. The van der Waals surface area contributed by atoms with Crippen molar-refractivity contribution < 1.29 is 0 Å². The molecule has 1 fully saturated rings. The molecule has 0 radical (unpaired) electrons. The Morgan fingerprint density at radius 1 is 1.20 bits per heavy atom. The van der Waals surface area contributed by atoms with E-state index >= 15 is 0 Å². The molecule has 2 heteroatoms. The molecule has 0 atom stereocenters. The Morgan fingerprint density at radius 2 is 1.70 bits per heavy atom. The summed E-state index contributed by atoms with van der Waals surface area (Å²) in [6.45, 7) is 4.89. The summed E-state index contributed by atoms with van der Waals surface area (Å²) in [6.07, 6.45) is 5.92. The molecule has 0 heterocycles. The van der Waals surface area contributed by atoms with E-state index in [0.717, 1.165) is 5.54 Å². The van der Waals surface area contributed by atoms with Crippen molar-refractivity contribution >= 4 is 8.24 Å². The van der Waals surface area contributed by atoms with Gasteiger partial charge in [-0.15, -0.1) is 0 Å². The smallest absolute Gasteiger partial charge is 0.122 e. The lowest BCUT2D eigenvalue weighted by Gasteiger charge is -2.28. The molecule has 0 aromatic carbocycles. The Morgan fingerprint density at radius 3 is 2.10 bits per heavy atom. The van der Waals surface area contributed by atoms with Crippen LogP contribution in [0.5, 0.6) is 0 Å². The van der Waals surface area contributed by atoms with Crippen molar-refractivity contribution in [1.29, 1.82) is 0 Å². The number of rotatable bonds is 2. The zero-order chi connectivity index (χ0) is 7.61. The Labute approximate surface area is 65.3 Å². The molecule has 1 rings (SSSR count). The van der Waals surface area contributed by atoms with Gasteiger partial charge in [0.2, 0.25) is 0 Å².